The van der Waals surface area contributed by atoms with Gasteiger partial charge in [-0.05, 0) is 12.5 Å². The molecule has 2 aromatic heterocycles. The normalized spacial score (nSPS) is 17.0. The zero-order chi connectivity index (χ0) is 22.2. The maximum absolute atomic E-state index is 12.4. The number of hydrogen-bond donors (Lipinski definition) is 3. The van der Waals surface area contributed by atoms with Gasteiger partial charge in [-0.2, -0.15) is 5.10 Å². The summed E-state index contributed by atoms with van der Waals surface area (Å²) in [5, 5.41) is 21.9. The lowest BCUT2D eigenvalue weighted by molar-refractivity contribution is 0.0958. The van der Waals surface area contributed by atoms with Crippen molar-refractivity contribution >= 4 is 28.8 Å². The predicted molar refractivity (Wildman–Crippen MR) is 122 cm³/mol. The molecule has 1 saturated heterocycles. The largest absolute Gasteiger partial charge is 0.379 e. The second kappa shape index (κ2) is 8.12. The van der Waals surface area contributed by atoms with Gasteiger partial charge >= 0.3 is 0 Å². The third-order valence-corrected chi connectivity index (χ3v) is 6.01. The lowest BCUT2D eigenvalue weighted by Crippen LogP contribution is -2.26. The lowest BCUT2D eigenvalue weighted by Gasteiger charge is -2.31. The minimum Gasteiger partial charge on any atom is -0.379 e. The highest BCUT2D eigenvalue weighted by Gasteiger charge is 2.30. The Morgan fingerprint density at radius 2 is 2.06 bits per heavy atom. The van der Waals surface area contributed by atoms with Crippen molar-refractivity contribution in [1.29, 1.82) is 0 Å². The molecule has 4 heterocycles. The SMILES string of the molecule is CNC(=O)c1nnc(NC)cc1Nc1cccc2c1N(C)Cc1c-2cnn1C1CCOC1. The minimum absolute atomic E-state index is 0.234. The van der Waals surface area contributed by atoms with Crippen LogP contribution in [-0.4, -0.2) is 60.2 Å². The van der Waals surface area contributed by atoms with E-state index in [0.29, 0.717) is 18.1 Å². The number of nitrogens with one attached hydrogen (secondary N) is 3. The fourth-order valence-corrected chi connectivity index (χ4v) is 4.42. The van der Waals surface area contributed by atoms with Crippen molar-refractivity contribution in [2.45, 2.75) is 19.0 Å². The molecule has 10 heteroatoms. The van der Waals surface area contributed by atoms with Crippen LogP contribution in [0.3, 0.4) is 0 Å². The number of anilines is 4. The third-order valence-electron chi connectivity index (χ3n) is 6.01. The summed E-state index contributed by atoms with van der Waals surface area (Å²) in [5.74, 6) is 0.267. The van der Waals surface area contributed by atoms with Crippen molar-refractivity contribution in [3.05, 3.63) is 41.9 Å². The molecule has 3 N–H and O–H groups in total. The van der Waals surface area contributed by atoms with Crippen LogP contribution in [0.2, 0.25) is 0 Å². The van der Waals surface area contributed by atoms with Gasteiger partial charge in [0.1, 0.15) is 0 Å². The molecule has 1 fully saturated rings. The van der Waals surface area contributed by atoms with Gasteiger partial charge in [0, 0.05) is 44.9 Å². The number of benzene rings is 1. The number of amides is 1. The molecule has 0 saturated carbocycles. The maximum Gasteiger partial charge on any atom is 0.273 e. The smallest absolute Gasteiger partial charge is 0.273 e. The van der Waals surface area contributed by atoms with Gasteiger partial charge in [0.15, 0.2) is 11.5 Å². The molecule has 2 aliphatic heterocycles. The molecule has 32 heavy (non-hydrogen) atoms. The predicted octanol–water partition coefficient (Wildman–Crippen LogP) is 2.40. The average molecular weight is 435 g/mol. The Balaban J connectivity index is 1.57. The first-order valence-corrected chi connectivity index (χ1v) is 10.6. The summed E-state index contributed by atoms with van der Waals surface area (Å²) < 4.78 is 7.70. The maximum atomic E-state index is 12.4. The molecule has 3 aromatic rings. The molecule has 1 aromatic carbocycles. The van der Waals surface area contributed by atoms with E-state index in [-0.39, 0.29) is 17.6 Å². The van der Waals surface area contributed by atoms with E-state index >= 15 is 0 Å². The van der Waals surface area contributed by atoms with Crippen molar-refractivity contribution in [3.63, 3.8) is 0 Å². The Kier molecular flexibility index (Phi) is 5.14. The van der Waals surface area contributed by atoms with Crippen LogP contribution in [-0.2, 0) is 11.3 Å². The first-order valence-electron chi connectivity index (χ1n) is 10.6. The Bertz CT molecular complexity index is 1170. The standard InChI is InChI=1S/C22H26N8O2/c1-23-19-9-17(20(28-27-19)22(31)24-2)26-16-6-4-5-14-15-10-25-30(13-7-8-32-12-13)18(15)11-29(3)21(14)16/h4-6,9-10,13H,7-8,11-12H2,1-3H3,(H,24,31)(H2,23,26,27). The van der Waals surface area contributed by atoms with E-state index in [9.17, 15) is 4.79 Å². The van der Waals surface area contributed by atoms with Crippen molar-refractivity contribution < 1.29 is 9.53 Å². The summed E-state index contributed by atoms with van der Waals surface area (Å²) in [5.41, 5.74) is 6.17. The van der Waals surface area contributed by atoms with E-state index in [4.69, 9.17) is 9.84 Å². The van der Waals surface area contributed by atoms with E-state index < -0.39 is 0 Å². The quantitative estimate of drug-likeness (QED) is 0.562. The second-order valence-electron chi connectivity index (χ2n) is 7.97. The zero-order valence-electron chi connectivity index (χ0n) is 18.3. The summed E-state index contributed by atoms with van der Waals surface area (Å²) in [6.45, 7) is 2.22. The summed E-state index contributed by atoms with van der Waals surface area (Å²) in [4.78, 5) is 14.6. The van der Waals surface area contributed by atoms with Crippen LogP contribution in [0.4, 0.5) is 22.9 Å². The van der Waals surface area contributed by atoms with E-state index in [1.165, 1.54) is 5.69 Å². The molecule has 2 aliphatic rings. The number of carbonyl (C=O) groups excluding carboxylic acids is 1. The topological polar surface area (TPSA) is 109 Å². The molecule has 5 rings (SSSR count). The number of ether oxygens (including phenoxy) is 1. The Morgan fingerprint density at radius 1 is 1.19 bits per heavy atom. The van der Waals surface area contributed by atoms with Crippen LogP contribution >= 0.6 is 0 Å². The first kappa shape index (κ1) is 20.3. The van der Waals surface area contributed by atoms with Gasteiger partial charge in [0.2, 0.25) is 0 Å². The summed E-state index contributed by atoms with van der Waals surface area (Å²) >= 11 is 0. The van der Waals surface area contributed by atoms with E-state index in [1.54, 1.807) is 20.2 Å². The zero-order valence-corrected chi connectivity index (χ0v) is 18.3. The van der Waals surface area contributed by atoms with Crippen LogP contribution < -0.4 is 20.9 Å². The van der Waals surface area contributed by atoms with Gasteiger partial charge < -0.3 is 25.6 Å². The molecule has 0 bridgehead atoms. The fourth-order valence-electron chi connectivity index (χ4n) is 4.42. The molecule has 10 nitrogen and oxygen atoms in total. The Labute approximate surface area is 186 Å². The summed E-state index contributed by atoms with van der Waals surface area (Å²) in [7, 11) is 5.41. The van der Waals surface area contributed by atoms with E-state index in [0.717, 1.165) is 42.1 Å². The summed E-state index contributed by atoms with van der Waals surface area (Å²) in [6.07, 6.45) is 2.93. The van der Waals surface area contributed by atoms with Gasteiger partial charge in [-0.25, -0.2) is 0 Å². The van der Waals surface area contributed by atoms with Crippen LogP contribution in [0.15, 0.2) is 30.5 Å². The Morgan fingerprint density at radius 3 is 2.81 bits per heavy atom. The van der Waals surface area contributed by atoms with E-state index in [1.807, 2.05) is 18.3 Å². The van der Waals surface area contributed by atoms with Crippen molar-refractivity contribution in [3.8, 4) is 11.1 Å². The molecular weight excluding hydrogens is 408 g/mol. The number of hydrogen-bond acceptors (Lipinski definition) is 8. The summed E-state index contributed by atoms with van der Waals surface area (Å²) in [6, 6.07) is 8.18. The molecule has 1 unspecified atom stereocenters. The number of para-hydroxylation sites is 1. The third kappa shape index (κ3) is 3.32. The number of carbonyl (C=O) groups is 1. The molecule has 166 valence electrons. The molecular formula is C22H26N8O2. The Hall–Kier alpha value is -3.66. The average Bonchev–Trinajstić information content (AvgIpc) is 3.48. The highest BCUT2D eigenvalue weighted by atomic mass is 16.5. The number of fused-ring (bicyclic) bond motifs is 3. The second-order valence-corrected chi connectivity index (χ2v) is 7.97. The van der Waals surface area contributed by atoms with Crippen molar-refractivity contribution in [2.24, 2.45) is 0 Å². The number of aromatic nitrogens is 4. The molecule has 1 atom stereocenters. The van der Waals surface area contributed by atoms with Crippen LogP contribution in [0.5, 0.6) is 0 Å². The molecule has 1 amide bonds. The highest BCUT2D eigenvalue weighted by Crippen LogP contribution is 2.44. The first-order chi connectivity index (χ1) is 15.6. The highest BCUT2D eigenvalue weighted by molar-refractivity contribution is 6.00. The van der Waals surface area contributed by atoms with Crippen LogP contribution in [0.1, 0.15) is 28.6 Å². The van der Waals surface area contributed by atoms with Crippen molar-refractivity contribution in [2.75, 3.05) is 49.9 Å². The van der Waals surface area contributed by atoms with Gasteiger partial charge in [-0.3, -0.25) is 9.48 Å². The lowest BCUT2D eigenvalue weighted by atomic mass is 9.97. The fraction of sp³-hybridized carbons (Fsp3) is 0.364. The van der Waals surface area contributed by atoms with Crippen molar-refractivity contribution in [1.82, 2.24) is 25.3 Å². The van der Waals surface area contributed by atoms with E-state index in [2.05, 4.69) is 48.8 Å². The minimum atomic E-state index is -0.303. The van der Waals surface area contributed by atoms with Gasteiger partial charge in [-0.1, -0.05) is 12.1 Å². The molecule has 0 spiro atoms. The van der Waals surface area contributed by atoms with Gasteiger partial charge in [-0.15, -0.1) is 10.2 Å². The molecule has 0 aliphatic carbocycles. The van der Waals surface area contributed by atoms with Crippen LogP contribution in [0, 0.1) is 0 Å². The number of nitrogens with zero attached hydrogens (tertiary/aromatic N) is 5. The van der Waals surface area contributed by atoms with Gasteiger partial charge in [0.25, 0.3) is 5.91 Å². The van der Waals surface area contributed by atoms with Gasteiger partial charge in [0.05, 0.1) is 48.1 Å². The monoisotopic (exact) mass is 434 g/mol. The molecule has 0 radical (unpaired) electrons. The number of rotatable bonds is 5. The van der Waals surface area contributed by atoms with Crippen LogP contribution in [0.25, 0.3) is 11.1 Å².